The summed E-state index contributed by atoms with van der Waals surface area (Å²) < 4.78 is 4.77. The Morgan fingerprint density at radius 1 is 1.41 bits per heavy atom. The van der Waals surface area contributed by atoms with E-state index in [4.69, 9.17) is 4.42 Å². The van der Waals surface area contributed by atoms with Gasteiger partial charge in [0, 0.05) is 6.54 Å². The standard InChI is InChI=1S/C11H16N2O4/c1-2-3-4-5-8-12-11(14)9-6-7-10(17-9)13(15)16/h6-7H,2-5,8H2,1H3,(H,12,14). The molecule has 6 nitrogen and oxygen atoms in total. The van der Waals surface area contributed by atoms with Crippen LogP contribution in [-0.4, -0.2) is 17.4 Å². The second-order valence-electron chi connectivity index (χ2n) is 3.71. The molecule has 1 heterocycles. The van der Waals surface area contributed by atoms with Crippen LogP contribution >= 0.6 is 0 Å². The topological polar surface area (TPSA) is 85.4 Å². The Balaban J connectivity index is 2.34. The van der Waals surface area contributed by atoms with Gasteiger partial charge < -0.3 is 9.73 Å². The van der Waals surface area contributed by atoms with Crippen molar-refractivity contribution < 1.29 is 14.1 Å². The van der Waals surface area contributed by atoms with Crippen molar-refractivity contribution in [3.05, 3.63) is 28.0 Å². The molecular formula is C11H16N2O4. The van der Waals surface area contributed by atoms with Crippen molar-refractivity contribution in [1.82, 2.24) is 5.32 Å². The third-order valence-electron chi connectivity index (χ3n) is 2.31. The zero-order valence-corrected chi connectivity index (χ0v) is 9.77. The summed E-state index contributed by atoms with van der Waals surface area (Å²) >= 11 is 0. The number of unbranched alkanes of at least 4 members (excludes halogenated alkanes) is 3. The number of rotatable bonds is 7. The quantitative estimate of drug-likeness (QED) is 0.450. The van der Waals surface area contributed by atoms with Crippen LogP contribution in [0.4, 0.5) is 5.88 Å². The Morgan fingerprint density at radius 3 is 2.76 bits per heavy atom. The van der Waals surface area contributed by atoms with Crippen molar-refractivity contribution in [1.29, 1.82) is 0 Å². The molecule has 1 aromatic heterocycles. The molecule has 17 heavy (non-hydrogen) atoms. The lowest BCUT2D eigenvalue weighted by molar-refractivity contribution is -0.402. The third-order valence-corrected chi connectivity index (χ3v) is 2.31. The maximum absolute atomic E-state index is 11.5. The van der Waals surface area contributed by atoms with Gasteiger partial charge in [-0.05, 0) is 12.5 Å². The van der Waals surface area contributed by atoms with Gasteiger partial charge in [0.15, 0.2) is 5.76 Å². The van der Waals surface area contributed by atoms with Crippen LogP contribution in [0.25, 0.3) is 0 Å². The summed E-state index contributed by atoms with van der Waals surface area (Å²) in [5.74, 6) is -0.845. The smallest absolute Gasteiger partial charge is 0.395 e. The SMILES string of the molecule is CCCCCCNC(=O)c1ccc([N+](=O)[O-])o1. The van der Waals surface area contributed by atoms with Gasteiger partial charge in [-0.2, -0.15) is 0 Å². The molecule has 0 aliphatic carbocycles. The van der Waals surface area contributed by atoms with Crippen LogP contribution in [0.5, 0.6) is 0 Å². The summed E-state index contributed by atoms with van der Waals surface area (Å²) in [4.78, 5) is 21.2. The van der Waals surface area contributed by atoms with E-state index in [9.17, 15) is 14.9 Å². The Hall–Kier alpha value is -1.85. The molecule has 0 spiro atoms. The number of furan rings is 1. The summed E-state index contributed by atoms with van der Waals surface area (Å²) in [5, 5.41) is 13.0. The van der Waals surface area contributed by atoms with E-state index in [0.717, 1.165) is 25.7 Å². The normalized spacial score (nSPS) is 10.2. The van der Waals surface area contributed by atoms with Gasteiger partial charge in [0.1, 0.15) is 4.92 Å². The van der Waals surface area contributed by atoms with Gasteiger partial charge in [0.2, 0.25) is 0 Å². The van der Waals surface area contributed by atoms with Crippen molar-refractivity contribution in [3.63, 3.8) is 0 Å². The van der Waals surface area contributed by atoms with Gasteiger partial charge in [0.05, 0.1) is 6.07 Å². The number of carbonyl (C=O) groups is 1. The molecule has 1 aromatic rings. The highest BCUT2D eigenvalue weighted by molar-refractivity contribution is 5.91. The average Bonchev–Trinajstić information content (AvgIpc) is 2.78. The van der Waals surface area contributed by atoms with Crippen LogP contribution in [0.2, 0.25) is 0 Å². The molecule has 0 unspecified atom stereocenters. The van der Waals surface area contributed by atoms with Crippen LogP contribution in [0, 0.1) is 10.1 Å². The fraction of sp³-hybridized carbons (Fsp3) is 0.545. The molecule has 0 bridgehead atoms. The molecule has 1 N–H and O–H groups in total. The van der Waals surface area contributed by atoms with E-state index >= 15 is 0 Å². The number of carbonyl (C=O) groups excluding carboxylic acids is 1. The van der Waals surface area contributed by atoms with Crippen LogP contribution in [0.3, 0.4) is 0 Å². The minimum Gasteiger partial charge on any atom is -0.395 e. The lowest BCUT2D eigenvalue weighted by Gasteiger charge is -2.01. The first kappa shape index (κ1) is 13.2. The molecule has 94 valence electrons. The highest BCUT2D eigenvalue weighted by atomic mass is 16.6. The molecule has 0 saturated heterocycles. The highest BCUT2D eigenvalue weighted by Gasteiger charge is 2.16. The van der Waals surface area contributed by atoms with Crippen molar-refractivity contribution in [2.75, 3.05) is 6.54 Å². The minimum absolute atomic E-state index is 0.0211. The van der Waals surface area contributed by atoms with Crippen molar-refractivity contribution >= 4 is 11.8 Å². The molecule has 0 aliphatic heterocycles. The molecule has 0 atom stereocenters. The van der Waals surface area contributed by atoms with E-state index in [0.29, 0.717) is 6.54 Å². The highest BCUT2D eigenvalue weighted by Crippen LogP contribution is 2.15. The molecule has 1 rings (SSSR count). The maximum atomic E-state index is 11.5. The first-order valence-corrected chi connectivity index (χ1v) is 5.67. The fourth-order valence-electron chi connectivity index (χ4n) is 1.39. The van der Waals surface area contributed by atoms with Gasteiger partial charge in [-0.3, -0.25) is 14.9 Å². The van der Waals surface area contributed by atoms with E-state index in [1.807, 2.05) is 0 Å². The Kier molecular flexibility index (Phi) is 5.19. The summed E-state index contributed by atoms with van der Waals surface area (Å²) in [6, 6.07) is 2.48. The number of nitrogens with one attached hydrogen (secondary N) is 1. The Morgan fingerprint density at radius 2 is 2.18 bits per heavy atom. The van der Waals surface area contributed by atoms with Crippen LogP contribution in [0.15, 0.2) is 16.5 Å². The van der Waals surface area contributed by atoms with Gasteiger partial charge in [-0.1, -0.05) is 26.2 Å². The van der Waals surface area contributed by atoms with E-state index in [-0.39, 0.29) is 5.76 Å². The predicted molar refractivity (Wildman–Crippen MR) is 61.8 cm³/mol. The third kappa shape index (κ3) is 4.26. The molecule has 0 saturated carbocycles. The van der Waals surface area contributed by atoms with E-state index < -0.39 is 16.7 Å². The average molecular weight is 240 g/mol. The van der Waals surface area contributed by atoms with Gasteiger partial charge in [-0.15, -0.1) is 0 Å². The monoisotopic (exact) mass is 240 g/mol. The van der Waals surface area contributed by atoms with E-state index in [1.165, 1.54) is 12.1 Å². The lowest BCUT2D eigenvalue weighted by Crippen LogP contribution is -2.23. The van der Waals surface area contributed by atoms with Crippen LogP contribution < -0.4 is 5.32 Å². The molecule has 1 amide bonds. The number of nitrogens with zero attached hydrogens (tertiary/aromatic N) is 1. The van der Waals surface area contributed by atoms with Gasteiger partial charge in [-0.25, -0.2) is 0 Å². The summed E-state index contributed by atoms with van der Waals surface area (Å²) in [7, 11) is 0. The summed E-state index contributed by atoms with van der Waals surface area (Å²) in [6.45, 7) is 2.67. The minimum atomic E-state index is -0.669. The molecular weight excluding hydrogens is 224 g/mol. The van der Waals surface area contributed by atoms with Gasteiger partial charge >= 0.3 is 5.88 Å². The number of nitro groups is 1. The largest absolute Gasteiger partial charge is 0.433 e. The molecule has 0 radical (unpaired) electrons. The second kappa shape index (κ2) is 6.67. The van der Waals surface area contributed by atoms with Crippen LogP contribution in [0.1, 0.15) is 43.2 Å². The zero-order valence-electron chi connectivity index (χ0n) is 9.77. The fourth-order valence-corrected chi connectivity index (χ4v) is 1.39. The molecule has 0 aromatic carbocycles. The molecule has 0 aliphatic rings. The first-order valence-electron chi connectivity index (χ1n) is 5.67. The second-order valence-corrected chi connectivity index (χ2v) is 3.71. The summed E-state index contributed by atoms with van der Waals surface area (Å²) in [5.41, 5.74) is 0. The van der Waals surface area contributed by atoms with Crippen molar-refractivity contribution in [2.24, 2.45) is 0 Å². The maximum Gasteiger partial charge on any atom is 0.433 e. The van der Waals surface area contributed by atoms with Crippen LogP contribution in [-0.2, 0) is 0 Å². The summed E-state index contributed by atoms with van der Waals surface area (Å²) in [6.07, 6.45) is 4.25. The number of hydrogen-bond acceptors (Lipinski definition) is 4. The zero-order chi connectivity index (χ0) is 12.7. The number of hydrogen-bond donors (Lipinski definition) is 1. The Labute approximate surface area is 99.1 Å². The van der Waals surface area contributed by atoms with Gasteiger partial charge in [0.25, 0.3) is 5.91 Å². The van der Waals surface area contributed by atoms with E-state index in [1.54, 1.807) is 0 Å². The Bertz CT molecular complexity index is 387. The van der Waals surface area contributed by atoms with E-state index in [2.05, 4.69) is 12.2 Å². The predicted octanol–water partition coefficient (Wildman–Crippen LogP) is 2.50. The first-order chi connectivity index (χ1) is 8.15. The molecule has 6 heteroatoms. The number of amides is 1. The van der Waals surface area contributed by atoms with Crippen molar-refractivity contribution in [3.8, 4) is 0 Å². The lowest BCUT2D eigenvalue weighted by atomic mass is 10.2. The molecule has 0 fully saturated rings. The van der Waals surface area contributed by atoms with Crippen molar-refractivity contribution in [2.45, 2.75) is 32.6 Å².